The van der Waals surface area contributed by atoms with E-state index in [-0.39, 0.29) is 47.8 Å². The Kier molecular flexibility index (Phi) is 3.31. The van der Waals surface area contributed by atoms with Crippen molar-refractivity contribution in [3.63, 3.8) is 0 Å². The fourth-order valence-electron chi connectivity index (χ4n) is 2.59. The number of hydrogen-bond acceptors (Lipinski definition) is 7. The first-order valence-corrected chi connectivity index (χ1v) is 8.15. The second-order valence-electron chi connectivity index (χ2n) is 5.06. The number of nitrogens with zero attached hydrogens (tertiary/aromatic N) is 1. The molecule has 1 aromatic heterocycles. The standard InChI is InChI=1S/C12H15NO6S/c14-5-9-3-10(15)12-11(19-9)4-13(7-18-12)8-1-2-20(16,17)6-8/h3,8,14H,1-2,4-7H2. The first kappa shape index (κ1) is 13.6. The third kappa shape index (κ3) is 2.46. The summed E-state index contributed by atoms with van der Waals surface area (Å²) < 4.78 is 33.8. The maximum absolute atomic E-state index is 11.8. The second kappa shape index (κ2) is 4.87. The van der Waals surface area contributed by atoms with Crippen LogP contribution in [0.2, 0.25) is 0 Å². The Morgan fingerprint density at radius 2 is 2.25 bits per heavy atom. The third-order valence-electron chi connectivity index (χ3n) is 3.63. The Balaban J connectivity index is 1.85. The van der Waals surface area contributed by atoms with Crippen molar-refractivity contribution in [3.05, 3.63) is 27.8 Å². The van der Waals surface area contributed by atoms with Crippen molar-refractivity contribution >= 4 is 9.84 Å². The highest BCUT2D eigenvalue weighted by molar-refractivity contribution is 7.91. The van der Waals surface area contributed by atoms with Gasteiger partial charge in [-0.05, 0) is 6.42 Å². The summed E-state index contributed by atoms with van der Waals surface area (Å²) in [5.41, 5.74) is -0.325. The van der Waals surface area contributed by atoms with E-state index in [0.29, 0.717) is 18.7 Å². The smallest absolute Gasteiger partial charge is 0.227 e. The number of aliphatic hydroxyl groups excluding tert-OH is 1. The van der Waals surface area contributed by atoms with Crippen LogP contribution in [-0.4, -0.2) is 42.7 Å². The average molecular weight is 301 g/mol. The van der Waals surface area contributed by atoms with E-state index in [1.165, 1.54) is 6.07 Å². The highest BCUT2D eigenvalue weighted by Crippen LogP contribution is 2.27. The minimum Gasteiger partial charge on any atom is -0.470 e. The van der Waals surface area contributed by atoms with Crippen molar-refractivity contribution in [1.29, 1.82) is 0 Å². The summed E-state index contributed by atoms with van der Waals surface area (Å²) in [6.45, 7) is 0.134. The zero-order valence-electron chi connectivity index (χ0n) is 10.7. The minimum atomic E-state index is -2.97. The molecule has 3 heterocycles. The zero-order chi connectivity index (χ0) is 14.3. The summed E-state index contributed by atoms with van der Waals surface area (Å²) in [5, 5.41) is 9.04. The van der Waals surface area contributed by atoms with Gasteiger partial charge >= 0.3 is 0 Å². The summed E-state index contributed by atoms with van der Waals surface area (Å²) >= 11 is 0. The van der Waals surface area contributed by atoms with Crippen molar-refractivity contribution in [2.45, 2.75) is 25.6 Å². The number of hydrogen-bond donors (Lipinski definition) is 1. The van der Waals surface area contributed by atoms with Gasteiger partial charge in [-0.15, -0.1) is 0 Å². The van der Waals surface area contributed by atoms with Gasteiger partial charge in [0.2, 0.25) is 11.2 Å². The van der Waals surface area contributed by atoms with Crippen LogP contribution in [-0.2, 0) is 23.0 Å². The molecule has 7 nitrogen and oxygen atoms in total. The van der Waals surface area contributed by atoms with Gasteiger partial charge in [0.15, 0.2) is 15.6 Å². The highest BCUT2D eigenvalue weighted by Gasteiger charge is 2.35. The molecule has 2 aliphatic heterocycles. The Bertz CT molecular complexity index is 680. The molecule has 3 rings (SSSR count). The second-order valence-corrected chi connectivity index (χ2v) is 7.29. The Labute approximate surface area is 115 Å². The number of fused-ring (bicyclic) bond motifs is 1. The first-order chi connectivity index (χ1) is 9.48. The lowest BCUT2D eigenvalue weighted by molar-refractivity contribution is 0.0471. The van der Waals surface area contributed by atoms with E-state index >= 15 is 0 Å². The molecule has 20 heavy (non-hydrogen) atoms. The number of sulfone groups is 1. The fraction of sp³-hybridized carbons (Fsp3) is 0.583. The fourth-order valence-corrected chi connectivity index (χ4v) is 4.35. The molecule has 0 aliphatic carbocycles. The van der Waals surface area contributed by atoms with E-state index < -0.39 is 9.84 Å². The minimum absolute atomic E-state index is 0.107. The van der Waals surface area contributed by atoms with E-state index in [4.69, 9.17) is 14.3 Å². The van der Waals surface area contributed by atoms with Gasteiger partial charge in [-0.1, -0.05) is 0 Å². The lowest BCUT2D eigenvalue weighted by atomic mass is 10.2. The molecule has 0 spiro atoms. The van der Waals surface area contributed by atoms with Crippen LogP contribution in [0.5, 0.6) is 5.75 Å². The van der Waals surface area contributed by atoms with Crippen molar-refractivity contribution in [2.24, 2.45) is 0 Å². The predicted octanol–water partition coefficient (Wildman–Crippen LogP) is -0.529. The van der Waals surface area contributed by atoms with Crippen LogP contribution < -0.4 is 10.2 Å². The van der Waals surface area contributed by atoms with Gasteiger partial charge in [-0.3, -0.25) is 9.69 Å². The van der Waals surface area contributed by atoms with Gasteiger partial charge in [0.05, 0.1) is 18.1 Å². The van der Waals surface area contributed by atoms with E-state index in [1.54, 1.807) is 0 Å². The van der Waals surface area contributed by atoms with E-state index in [1.807, 2.05) is 4.90 Å². The molecule has 1 aromatic rings. The monoisotopic (exact) mass is 301 g/mol. The summed E-state index contributed by atoms with van der Waals surface area (Å²) in [7, 11) is -2.97. The molecular formula is C12H15NO6S. The summed E-state index contributed by atoms with van der Waals surface area (Å²) in [6, 6.07) is 1.09. The quantitative estimate of drug-likeness (QED) is 0.784. The molecule has 1 N–H and O–H groups in total. The Morgan fingerprint density at radius 3 is 2.90 bits per heavy atom. The highest BCUT2D eigenvalue weighted by atomic mass is 32.2. The maximum Gasteiger partial charge on any atom is 0.227 e. The predicted molar refractivity (Wildman–Crippen MR) is 69.0 cm³/mol. The molecule has 1 fully saturated rings. The van der Waals surface area contributed by atoms with Crippen LogP contribution in [0.3, 0.4) is 0 Å². The van der Waals surface area contributed by atoms with Gasteiger partial charge in [0, 0.05) is 12.1 Å². The first-order valence-electron chi connectivity index (χ1n) is 6.32. The number of aliphatic hydroxyl groups is 1. The molecule has 1 unspecified atom stereocenters. The van der Waals surface area contributed by atoms with Crippen LogP contribution in [0.1, 0.15) is 17.9 Å². The van der Waals surface area contributed by atoms with Gasteiger partial charge in [0.1, 0.15) is 19.1 Å². The molecule has 8 heteroatoms. The molecule has 0 radical (unpaired) electrons. The average Bonchev–Trinajstić information content (AvgIpc) is 2.78. The molecule has 1 atom stereocenters. The maximum atomic E-state index is 11.8. The van der Waals surface area contributed by atoms with Crippen molar-refractivity contribution in [3.8, 4) is 5.75 Å². The van der Waals surface area contributed by atoms with Crippen molar-refractivity contribution in [2.75, 3.05) is 18.2 Å². The summed E-state index contributed by atoms with van der Waals surface area (Å²) in [6.07, 6.45) is 0.560. The molecule has 0 bridgehead atoms. The number of ether oxygens (including phenoxy) is 1. The SMILES string of the molecule is O=c1cc(CO)oc2c1OCN(C1CCS(=O)(=O)C1)C2. The van der Waals surface area contributed by atoms with E-state index in [9.17, 15) is 13.2 Å². The summed E-state index contributed by atoms with van der Waals surface area (Å²) in [5.74, 6) is 0.965. The number of rotatable bonds is 2. The zero-order valence-corrected chi connectivity index (χ0v) is 11.6. The van der Waals surface area contributed by atoms with Crippen LogP contribution in [0.4, 0.5) is 0 Å². The molecule has 0 saturated carbocycles. The largest absolute Gasteiger partial charge is 0.470 e. The molecule has 1 saturated heterocycles. The topological polar surface area (TPSA) is 97.1 Å². The normalized spacial score (nSPS) is 25.1. The van der Waals surface area contributed by atoms with Crippen LogP contribution in [0, 0.1) is 0 Å². The van der Waals surface area contributed by atoms with E-state index in [0.717, 1.165) is 0 Å². The molecule has 2 aliphatic rings. The Hall–Kier alpha value is -1.38. The van der Waals surface area contributed by atoms with Crippen LogP contribution >= 0.6 is 0 Å². The molecule has 0 amide bonds. The van der Waals surface area contributed by atoms with E-state index in [2.05, 4.69) is 0 Å². The molecule has 110 valence electrons. The lowest BCUT2D eigenvalue weighted by Gasteiger charge is -2.31. The molecule has 0 aromatic carbocycles. The third-order valence-corrected chi connectivity index (χ3v) is 5.38. The summed E-state index contributed by atoms with van der Waals surface area (Å²) in [4.78, 5) is 13.6. The lowest BCUT2D eigenvalue weighted by Crippen LogP contribution is -2.42. The molecular weight excluding hydrogens is 286 g/mol. The van der Waals surface area contributed by atoms with Crippen molar-refractivity contribution < 1.29 is 22.7 Å². The van der Waals surface area contributed by atoms with Crippen LogP contribution in [0.25, 0.3) is 0 Å². The van der Waals surface area contributed by atoms with Crippen molar-refractivity contribution in [1.82, 2.24) is 4.90 Å². The van der Waals surface area contributed by atoms with Gasteiger partial charge in [-0.2, -0.15) is 0 Å². The van der Waals surface area contributed by atoms with Crippen LogP contribution in [0.15, 0.2) is 15.3 Å². The Morgan fingerprint density at radius 1 is 1.45 bits per heavy atom. The van der Waals surface area contributed by atoms with Gasteiger partial charge < -0.3 is 14.3 Å². The van der Waals surface area contributed by atoms with Gasteiger partial charge in [-0.25, -0.2) is 8.42 Å². The van der Waals surface area contributed by atoms with Gasteiger partial charge in [0.25, 0.3) is 0 Å².